The van der Waals surface area contributed by atoms with Crippen LogP contribution in [0, 0.1) is 0 Å². The van der Waals surface area contributed by atoms with Crippen molar-refractivity contribution < 1.29 is 9.90 Å². The van der Waals surface area contributed by atoms with E-state index in [4.69, 9.17) is 16.7 Å². The van der Waals surface area contributed by atoms with Gasteiger partial charge in [-0.05, 0) is 12.1 Å². The Balaban J connectivity index is 2.48. The maximum Gasteiger partial charge on any atom is 0.239 e. The summed E-state index contributed by atoms with van der Waals surface area (Å²) in [7, 11) is 1.76. The van der Waals surface area contributed by atoms with E-state index in [1.54, 1.807) is 24.1 Å². The minimum absolute atomic E-state index is 0.0609. The van der Waals surface area contributed by atoms with Crippen LogP contribution < -0.4 is 10.2 Å². The number of rotatable bonds is 5. The van der Waals surface area contributed by atoms with Gasteiger partial charge >= 0.3 is 0 Å². The van der Waals surface area contributed by atoms with Gasteiger partial charge in [0.15, 0.2) is 0 Å². The van der Waals surface area contributed by atoms with Crippen LogP contribution in [0.5, 0.6) is 0 Å². The molecule has 0 bridgehead atoms. The van der Waals surface area contributed by atoms with E-state index in [1.807, 2.05) is 0 Å². The van der Waals surface area contributed by atoms with Gasteiger partial charge in [0.25, 0.3) is 0 Å². The quantitative estimate of drug-likeness (QED) is 0.780. The van der Waals surface area contributed by atoms with Crippen molar-refractivity contribution in [2.45, 2.75) is 0 Å². The zero-order valence-electron chi connectivity index (χ0n) is 8.98. The smallest absolute Gasteiger partial charge is 0.239 e. The van der Waals surface area contributed by atoms with Gasteiger partial charge in [0, 0.05) is 19.8 Å². The molecule has 0 unspecified atom stereocenters. The number of aliphatic hydroxyl groups excluding tert-OH is 1. The fraction of sp³-hybridized carbons (Fsp3) is 0.400. The molecule has 88 valence electrons. The number of amides is 1. The van der Waals surface area contributed by atoms with Crippen LogP contribution in [0.2, 0.25) is 5.02 Å². The number of aliphatic hydroxyl groups is 1. The van der Waals surface area contributed by atoms with Gasteiger partial charge in [-0.3, -0.25) is 4.79 Å². The third-order valence-corrected chi connectivity index (χ3v) is 2.14. The first kappa shape index (κ1) is 12.7. The molecule has 1 rings (SSSR count). The van der Waals surface area contributed by atoms with Crippen LogP contribution in [0.3, 0.4) is 0 Å². The molecular formula is C10H14ClN3O2. The Morgan fingerprint density at radius 1 is 1.62 bits per heavy atom. The van der Waals surface area contributed by atoms with Crippen LogP contribution in [0.1, 0.15) is 0 Å². The number of hydrogen-bond acceptors (Lipinski definition) is 4. The van der Waals surface area contributed by atoms with Gasteiger partial charge < -0.3 is 15.3 Å². The fourth-order valence-corrected chi connectivity index (χ4v) is 1.25. The zero-order chi connectivity index (χ0) is 12.0. The van der Waals surface area contributed by atoms with Gasteiger partial charge in [0.1, 0.15) is 5.82 Å². The van der Waals surface area contributed by atoms with Gasteiger partial charge in [0.2, 0.25) is 5.91 Å². The molecule has 0 atom stereocenters. The Bertz CT molecular complexity index is 342. The number of carbonyl (C=O) groups is 1. The highest BCUT2D eigenvalue weighted by Crippen LogP contribution is 2.12. The Morgan fingerprint density at radius 2 is 2.38 bits per heavy atom. The minimum atomic E-state index is -0.159. The van der Waals surface area contributed by atoms with E-state index in [9.17, 15) is 4.79 Å². The lowest BCUT2D eigenvalue weighted by molar-refractivity contribution is -0.119. The summed E-state index contributed by atoms with van der Waals surface area (Å²) in [4.78, 5) is 17.1. The second-order valence-electron chi connectivity index (χ2n) is 3.26. The standard InChI is InChI=1S/C10H14ClN3O2/c1-14(7-10(16)12-4-5-15)9-3-2-8(11)6-13-9/h2-3,6,15H,4-5,7H2,1H3,(H,12,16). The van der Waals surface area contributed by atoms with Crippen molar-refractivity contribution in [3.8, 4) is 0 Å². The summed E-state index contributed by atoms with van der Waals surface area (Å²) >= 11 is 5.70. The minimum Gasteiger partial charge on any atom is -0.395 e. The summed E-state index contributed by atoms with van der Waals surface area (Å²) in [5, 5.41) is 11.7. The highest BCUT2D eigenvalue weighted by molar-refractivity contribution is 6.30. The number of nitrogens with one attached hydrogen (secondary N) is 1. The summed E-state index contributed by atoms with van der Waals surface area (Å²) in [5.74, 6) is 0.511. The van der Waals surface area contributed by atoms with E-state index >= 15 is 0 Å². The summed E-state index contributed by atoms with van der Waals surface area (Å²) in [6.07, 6.45) is 1.53. The summed E-state index contributed by atoms with van der Waals surface area (Å²) < 4.78 is 0. The van der Waals surface area contributed by atoms with Crippen LogP contribution in [-0.2, 0) is 4.79 Å². The summed E-state index contributed by atoms with van der Waals surface area (Å²) in [6.45, 7) is 0.393. The summed E-state index contributed by atoms with van der Waals surface area (Å²) in [6, 6.07) is 3.45. The van der Waals surface area contributed by atoms with Crippen molar-refractivity contribution in [3.63, 3.8) is 0 Å². The third-order valence-electron chi connectivity index (χ3n) is 1.92. The van der Waals surface area contributed by atoms with Gasteiger partial charge in [0.05, 0.1) is 18.2 Å². The number of carbonyl (C=O) groups excluding carboxylic acids is 1. The molecule has 1 aromatic rings. The molecule has 6 heteroatoms. The molecule has 0 aromatic carbocycles. The van der Waals surface area contributed by atoms with E-state index in [-0.39, 0.29) is 25.6 Å². The molecule has 0 aliphatic rings. The number of halogens is 1. The Labute approximate surface area is 99.0 Å². The topological polar surface area (TPSA) is 65.5 Å². The Kier molecular flexibility index (Phi) is 5.01. The maximum absolute atomic E-state index is 11.3. The number of aromatic nitrogens is 1. The maximum atomic E-state index is 11.3. The molecule has 0 spiro atoms. The molecule has 1 heterocycles. The van der Waals surface area contributed by atoms with Gasteiger partial charge in [-0.25, -0.2) is 4.98 Å². The first-order valence-electron chi connectivity index (χ1n) is 4.83. The number of nitrogens with zero attached hydrogens (tertiary/aromatic N) is 2. The second-order valence-corrected chi connectivity index (χ2v) is 3.70. The van der Waals surface area contributed by atoms with Crippen molar-refractivity contribution in [3.05, 3.63) is 23.4 Å². The number of anilines is 1. The predicted octanol–water partition coefficient (Wildman–Crippen LogP) is 0.280. The fourth-order valence-electron chi connectivity index (χ4n) is 1.14. The second kappa shape index (κ2) is 6.30. The molecule has 0 aliphatic carbocycles. The Hall–Kier alpha value is -1.33. The molecule has 0 saturated carbocycles. The number of hydrogen-bond donors (Lipinski definition) is 2. The van der Waals surface area contributed by atoms with Crippen LogP contribution in [0.25, 0.3) is 0 Å². The SMILES string of the molecule is CN(CC(=O)NCCO)c1ccc(Cl)cn1. The molecule has 16 heavy (non-hydrogen) atoms. The van der Waals surface area contributed by atoms with Crippen molar-refractivity contribution in [1.82, 2.24) is 10.3 Å². The molecular weight excluding hydrogens is 230 g/mol. The van der Waals surface area contributed by atoms with Crippen molar-refractivity contribution in [2.75, 3.05) is 31.6 Å². The first-order chi connectivity index (χ1) is 7.63. The average molecular weight is 244 g/mol. The predicted molar refractivity (Wildman–Crippen MR) is 62.6 cm³/mol. The van der Waals surface area contributed by atoms with Crippen molar-refractivity contribution in [2.24, 2.45) is 0 Å². The molecule has 5 nitrogen and oxygen atoms in total. The largest absolute Gasteiger partial charge is 0.395 e. The Morgan fingerprint density at radius 3 is 2.94 bits per heavy atom. The highest BCUT2D eigenvalue weighted by Gasteiger charge is 2.07. The van der Waals surface area contributed by atoms with E-state index in [1.165, 1.54) is 6.20 Å². The molecule has 0 saturated heterocycles. The molecule has 0 radical (unpaired) electrons. The van der Waals surface area contributed by atoms with Gasteiger partial charge in [-0.1, -0.05) is 11.6 Å². The van der Waals surface area contributed by atoms with Gasteiger partial charge in [-0.15, -0.1) is 0 Å². The van der Waals surface area contributed by atoms with Crippen LogP contribution in [-0.4, -0.2) is 42.7 Å². The average Bonchev–Trinajstić information content (AvgIpc) is 2.27. The van der Waals surface area contributed by atoms with Crippen molar-refractivity contribution in [1.29, 1.82) is 0 Å². The van der Waals surface area contributed by atoms with Crippen molar-refractivity contribution >= 4 is 23.3 Å². The van der Waals surface area contributed by atoms with E-state index in [0.29, 0.717) is 10.8 Å². The highest BCUT2D eigenvalue weighted by atomic mass is 35.5. The first-order valence-corrected chi connectivity index (χ1v) is 5.21. The monoisotopic (exact) mass is 243 g/mol. The van der Waals surface area contributed by atoms with E-state index in [0.717, 1.165) is 0 Å². The van der Waals surface area contributed by atoms with E-state index < -0.39 is 0 Å². The lowest BCUT2D eigenvalue weighted by Gasteiger charge is -2.17. The lowest BCUT2D eigenvalue weighted by Crippen LogP contribution is -2.36. The van der Waals surface area contributed by atoms with Gasteiger partial charge in [-0.2, -0.15) is 0 Å². The van der Waals surface area contributed by atoms with Crippen LogP contribution >= 0.6 is 11.6 Å². The van der Waals surface area contributed by atoms with Crippen LogP contribution in [0.4, 0.5) is 5.82 Å². The third kappa shape index (κ3) is 4.04. The summed E-state index contributed by atoms with van der Waals surface area (Å²) in [5.41, 5.74) is 0. The normalized spacial score (nSPS) is 9.94. The molecule has 0 aliphatic heterocycles. The molecule has 0 fully saturated rings. The van der Waals surface area contributed by atoms with Crippen LogP contribution in [0.15, 0.2) is 18.3 Å². The molecule has 2 N–H and O–H groups in total. The van der Waals surface area contributed by atoms with E-state index in [2.05, 4.69) is 10.3 Å². The lowest BCUT2D eigenvalue weighted by atomic mass is 10.4. The zero-order valence-corrected chi connectivity index (χ0v) is 9.74. The number of likely N-dealkylation sites (N-methyl/N-ethyl adjacent to an activating group) is 1. The molecule has 1 amide bonds. The number of pyridine rings is 1. The molecule has 1 aromatic heterocycles.